The van der Waals surface area contributed by atoms with Crippen LogP contribution in [-0.2, 0) is 9.53 Å². The molecule has 2 fully saturated rings. The average Bonchev–Trinajstić information content (AvgIpc) is 3.23. The van der Waals surface area contributed by atoms with E-state index in [1.165, 1.54) is 0 Å². The topological polar surface area (TPSA) is 75.9 Å². The van der Waals surface area contributed by atoms with Crippen molar-refractivity contribution < 1.29 is 9.53 Å². The fourth-order valence-corrected chi connectivity index (χ4v) is 3.41. The number of aromatic nitrogens is 4. The number of hydrogen-bond acceptors (Lipinski definition) is 6. The number of hydrogen-bond donors (Lipinski definition) is 0. The number of piperazine rings is 1. The molecule has 8 heteroatoms. The predicted molar refractivity (Wildman–Crippen MR) is 83.2 cm³/mol. The lowest BCUT2D eigenvalue weighted by molar-refractivity contribution is -0.151. The van der Waals surface area contributed by atoms with Gasteiger partial charge in [0.05, 0.1) is 0 Å². The zero-order valence-corrected chi connectivity index (χ0v) is 13.2. The van der Waals surface area contributed by atoms with E-state index in [4.69, 9.17) is 4.74 Å². The van der Waals surface area contributed by atoms with Gasteiger partial charge in [-0.3, -0.25) is 9.20 Å². The first-order valence-corrected chi connectivity index (χ1v) is 8.00. The maximum Gasteiger partial charge on any atom is 0.256 e. The molecule has 1 unspecified atom stereocenters. The summed E-state index contributed by atoms with van der Waals surface area (Å²) in [6.07, 6.45) is 5.19. The summed E-state index contributed by atoms with van der Waals surface area (Å²) in [5, 5.41) is 7.88. The Morgan fingerprint density at radius 3 is 2.87 bits per heavy atom. The number of amides is 1. The van der Waals surface area contributed by atoms with Gasteiger partial charge < -0.3 is 14.5 Å². The zero-order chi connectivity index (χ0) is 15.9. The molecule has 2 aliphatic rings. The van der Waals surface area contributed by atoms with Crippen LogP contribution >= 0.6 is 0 Å². The normalized spacial score (nSPS) is 25.3. The monoisotopic (exact) mass is 316 g/mol. The predicted octanol–water partition coefficient (Wildman–Crippen LogP) is 0.342. The van der Waals surface area contributed by atoms with Gasteiger partial charge in [0.15, 0.2) is 0 Å². The van der Waals surface area contributed by atoms with E-state index in [-0.39, 0.29) is 5.91 Å². The minimum atomic E-state index is -0.625. The summed E-state index contributed by atoms with van der Waals surface area (Å²) in [5.41, 5.74) is -0.625. The molecule has 2 saturated heterocycles. The molecule has 122 valence electrons. The summed E-state index contributed by atoms with van der Waals surface area (Å²) >= 11 is 0. The van der Waals surface area contributed by atoms with Gasteiger partial charge in [0.1, 0.15) is 17.7 Å². The van der Waals surface area contributed by atoms with E-state index in [1.54, 1.807) is 12.5 Å². The van der Waals surface area contributed by atoms with Crippen LogP contribution in [0.15, 0.2) is 18.6 Å². The van der Waals surface area contributed by atoms with Crippen LogP contribution in [0.1, 0.15) is 19.8 Å². The molecule has 4 rings (SSSR count). The van der Waals surface area contributed by atoms with Crippen molar-refractivity contribution in [1.29, 1.82) is 0 Å². The molecule has 0 N–H and O–H groups in total. The van der Waals surface area contributed by atoms with E-state index >= 15 is 0 Å². The van der Waals surface area contributed by atoms with Crippen molar-refractivity contribution in [2.75, 3.05) is 37.7 Å². The number of carbonyl (C=O) groups excluding carboxylic acids is 1. The molecular weight excluding hydrogens is 296 g/mol. The highest BCUT2D eigenvalue weighted by Gasteiger charge is 2.41. The lowest BCUT2D eigenvalue weighted by atomic mass is 10.0. The molecule has 2 aliphatic heterocycles. The number of fused-ring (bicyclic) bond motifs is 1. The SMILES string of the molecule is CC1(C(=O)N2CCN(c3ccnc4nncn34)CC2)CCCO1. The third-order valence-corrected chi connectivity index (χ3v) is 4.75. The fraction of sp³-hybridized carbons (Fsp3) is 0.600. The lowest BCUT2D eigenvalue weighted by Crippen LogP contribution is -2.55. The molecule has 0 saturated carbocycles. The van der Waals surface area contributed by atoms with Gasteiger partial charge in [-0.05, 0) is 25.8 Å². The fourth-order valence-electron chi connectivity index (χ4n) is 3.41. The van der Waals surface area contributed by atoms with Crippen molar-refractivity contribution in [2.24, 2.45) is 0 Å². The second kappa shape index (κ2) is 5.45. The van der Waals surface area contributed by atoms with Crippen molar-refractivity contribution in [2.45, 2.75) is 25.4 Å². The summed E-state index contributed by atoms with van der Waals surface area (Å²) in [6, 6.07) is 1.95. The Hall–Kier alpha value is -2.22. The van der Waals surface area contributed by atoms with Crippen LogP contribution in [0.2, 0.25) is 0 Å². The van der Waals surface area contributed by atoms with Crippen molar-refractivity contribution >= 4 is 17.5 Å². The Morgan fingerprint density at radius 2 is 2.13 bits per heavy atom. The summed E-state index contributed by atoms with van der Waals surface area (Å²) in [4.78, 5) is 21.0. The van der Waals surface area contributed by atoms with E-state index in [1.807, 2.05) is 22.3 Å². The molecule has 0 bridgehead atoms. The van der Waals surface area contributed by atoms with E-state index < -0.39 is 5.60 Å². The molecule has 1 atom stereocenters. The molecule has 2 aromatic rings. The molecule has 0 aromatic carbocycles. The smallest absolute Gasteiger partial charge is 0.256 e. The molecule has 0 aliphatic carbocycles. The molecule has 4 heterocycles. The van der Waals surface area contributed by atoms with Crippen LogP contribution < -0.4 is 4.90 Å². The minimum Gasteiger partial charge on any atom is -0.365 e. The Balaban J connectivity index is 1.47. The highest BCUT2D eigenvalue weighted by Crippen LogP contribution is 2.28. The number of anilines is 1. The number of ether oxygens (including phenoxy) is 1. The largest absolute Gasteiger partial charge is 0.365 e. The average molecular weight is 316 g/mol. The van der Waals surface area contributed by atoms with Crippen LogP contribution in [0.5, 0.6) is 0 Å². The van der Waals surface area contributed by atoms with Gasteiger partial charge in [-0.1, -0.05) is 0 Å². The van der Waals surface area contributed by atoms with Crippen LogP contribution in [0.4, 0.5) is 5.82 Å². The number of nitrogens with zero attached hydrogens (tertiary/aromatic N) is 6. The molecule has 2 aromatic heterocycles. The zero-order valence-electron chi connectivity index (χ0n) is 13.2. The third kappa shape index (κ3) is 2.42. The van der Waals surface area contributed by atoms with E-state index in [0.717, 1.165) is 31.7 Å². The second-order valence-electron chi connectivity index (χ2n) is 6.27. The summed E-state index contributed by atoms with van der Waals surface area (Å²) in [5.74, 6) is 1.72. The maximum absolute atomic E-state index is 12.7. The van der Waals surface area contributed by atoms with E-state index in [2.05, 4.69) is 20.1 Å². The van der Waals surface area contributed by atoms with Crippen LogP contribution in [0.3, 0.4) is 0 Å². The van der Waals surface area contributed by atoms with Gasteiger partial charge in [-0.2, -0.15) is 0 Å². The first kappa shape index (κ1) is 14.4. The van der Waals surface area contributed by atoms with Crippen LogP contribution in [0.25, 0.3) is 5.78 Å². The Kier molecular flexibility index (Phi) is 3.41. The van der Waals surface area contributed by atoms with E-state index in [9.17, 15) is 4.79 Å². The highest BCUT2D eigenvalue weighted by molar-refractivity contribution is 5.85. The van der Waals surface area contributed by atoms with Crippen LogP contribution in [-0.4, -0.2) is 68.8 Å². The summed E-state index contributed by atoms with van der Waals surface area (Å²) < 4.78 is 7.55. The maximum atomic E-state index is 12.7. The Bertz CT molecular complexity index is 716. The second-order valence-corrected chi connectivity index (χ2v) is 6.27. The molecule has 0 spiro atoms. The molecule has 23 heavy (non-hydrogen) atoms. The summed E-state index contributed by atoms with van der Waals surface area (Å²) in [6.45, 7) is 5.55. The van der Waals surface area contributed by atoms with Crippen molar-refractivity contribution in [3.05, 3.63) is 18.6 Å². The Morgan fingerprint density at radius 1 is 1.30 bits per heavy atom. The Labute approximate surface area is 134 Å². The van der Waals surface area contributed by atoms with E-state index in [0.29, 0.717) is 25.5 Å². The quantitative estimate of drug-likeness (QED) is 0.795. The highest BCUT2D eigenvalue weighted by atomic mass is 16.5. The summed E-state index contributed by atoms with van der Waals surface area (Å²) in [7, 11) is 0. The standard InChI is InChI=1S/C15H20N6O2/c1-15(4-2-10-23-15)13(22)20-8-6-19(7-9-20)12-3-5-16-14-18-17-11-21(12)14/h3,5,11H,2,4,6-10H2,1H3. The first-order valence-electron chi connectivity index (χ1n) is 8.00. The van der Waals surface area contributed by atoms with Gasteiger partial charge in [-0.15, -0.1) is 10.2 Å². The molecule has 8 nitrogen and oxygen atoms in total. The first-order chi connectivity index (χ1) is 11.2. The number of carbonyl (C=O) groups is 1. The van der Waals surface area contributed by atoms with Crippen molar-refractivity contribution in [3.63, 3.8) is 0 Å². The minimum absolute atomic E-state index is 0.124. The third-order valence-electron chi connectivity index (χ3n) is 4.75. The lowest BCUT2D eigenvalue weighted by Gasteiger charge is -2.39. The molecule has 0 radical (unpaired) electrons. The van der Waals surface area contributed by atoms with Gasteiger partial charge in [-0.25, -0.2) is 4.98 Å². The van der Waals surface area contributed by atoms with Crippen molar-refractivity contribution in [1.82, 2.24) is 24.5 Å². The van der Waals surface area contributed by atoms with Gasteiger partial charge >= 0.3 is 0 Å². The number of rotatable bonds is 2. The molecular formula is C15H20N6O2. The van der Waals surface area contributed by atoms with Gasteiger partial charge in [0.25, 0.3) is 11.7 Å². The molecule has 1 amide bonds. The van der Waals surface area contributed by atoms with Crippen LogP contribution in [0, 0.1) is 0 Å². The van der Waals surface area contributed by atoms with Crippen molar-refractivity contribution in [3.8, 4) is 0 Å². The van der Waals surface area contributed by atoms with Gasteiger partial charge in [0.2, 0.25) is 0 Å². The van der Waals surface area contributed by atoms with Gasteiger partial charge in [0, 0.05) is 39.0 Å².